The molecule has 1 unspecified atom stereocenters. The summed E-state index contributed by atoms with van der Waals surface area (Å²) in [7, 11) is 3.84. The first-order chi connectivity index (χ1) is 5.20. The Hall–Kier alpha value is -0.120. The van der Waals surface area contributed by atoms with E-state index in [0.717, 1.165) is 6.54 Å². The first kappa shape index (κ1) is 8.97. The summed E-state index contributed by atoms with van der Waals surface area (Å²) in [6.07, 6.45) is 3.84. The molecule has 0 spiro atoms. The highest BCUT2D eigenvalue weighted by Crippen LogP contribution is 2.14. The second-order valence-electron chi connectivity index (χ2n) is 3.47. The minimum absolute atomic E-state index is 0.554. The summed E-state index contributed by atoms with van der Waals surface area (Å²) in [5, 5.41) is 10.3. The number of likely N-dealkylation sites (N-methyl/N-ethyl adjacent to an activating group) is 2. The summed E-state index contributed by atoms with van der Waals surface area (Å²) in [6, 6.07) is 0.554. The van der Waals surface area contributed by atoms with Gasteiger partial charge in [-0.05, 0) is 26.4 Å². The summed E-state index contributed by atoms with van der Waals surface area (Å²) in [6.45, 7) is 1.95. The molecule has 1 saturated heterocycles. The Morgan fingerprint density at radius 3 is 2.82 bits per heavy atom. The van der Waals surface area contributed by atoms with Gasteiger partial charge in [-0.1, -0.05) is 6.42 Å². The highest BCUT2D eigenvalue weighted by atomic mass is 16.5. The molecule has 0 aromatic carbocycles. The lowest BCUT2D eigenvalue weighted by Crippen LogP contribution is -2.42. The van der Waals surface area contributed by atoms with Gasteiger partial charge in [0.05, 0.1) is 0 Å². The number of likely N-dealkylation sites (tertiary alicyclic amines) is 1. The standard InChI is InChI=1S/C8H18N2O/c1-9-6-4-3-5-8(9)7-10(2)11/h8,11H,3-7H2,1-2H3. The van der Waals surface area contributed by atoms with Crippen LogP contribution in [0.1, 0.15) is 19.3 Å². The number of rotatable bonds is 2. The van der Waals surface area contributed by atoms with E-state index in [1.165, 1.54) is 30.9 Å². The zero-order chi connectivity index (χ0) is 8.27. The van der Waals surface area contributed by atoms with Gasteiger partial charge in [0.1, 0.15) is 0 Å². The first-order valence-electron chi connectivity index (χ1n) is 4.30. The molecule has 1 heterocycles. The van der Waals surface area contributed by atoms with E-state index in [0.29, 0.717) is 6.04 Å². The lowest BCUT2D eigenvalue weighted by atomic mass is 10.0. The lowest BCUT2D eigenvalue weighted by molar-refractivity contribution is -0.0835. The van der Waals surface area contributed by atoms with Gasteiger partial charge >= 0.3 is 0 Å². The van der Waals surface area contributed by atoms with E-state index in [-0.39, 0.29) is 0 Å². The van der Waals surface area contributed by atoms with Crippen LogP contribution in [-0.4, -0.2) is 48.4 Å². The molecule has 0 aliphatic carbocycles. The minimum Gasteiger partial charge on any atom is -0.314 e. The maximum atomic E-state index is 9.03. The topological polar surface area (TPSA) is 26.7 Å². The van der Waals surface area contributed by atoms with Crippen LogP contribution in [0, 0.1) is 0 Å². The molecule has 1 aliphatic rings. The second-order valence-corrected chi connectivity index (χ2v) is 3.47. The molecule has 0 aromatic rings. The molecule has 1 aliphatic heterocycles. The molecule has 0 aromatic heterocycles. The molecule has 0 radical (unpaired) electrons. The van der Waals surface area contributed by atoms with Crippen LogP contribution in [0.3, 0.4) is 0 Å². The van der Waals surface area contributed by atoms with Gasteiger partial charge in [0.15, 0.2) is 0 Å². The van der Waals surface area contributed by atoms with Gasteiger partial charge in [-0.25, -0.2) is 0 Å². The van der Waals surface area contributed by atoms with Gasteiger partial charge in [-0.15, -0.1) is 0 Å². The summed E-state index contributed by atoms with van der Waals surface area (Å²) in [5.74, 6) is 0. The van der Waals surface area contributed by atoms with Gasteiger partial charge in [-0.3, -0.25) is 0 Å². The quantitative estimate of drug-likeness (QED) is 0.602. The molecule has 0 saturated carbocycles. The molecule has 0 amide bonds. The predicted octanol–water partition coefficient (Wildman–Crippen LogP) is 0.792. The first-order valence-corrected chi connectivity index (χ1v) is 4.30. The summed E-state index contributed by atoms with van der Waals surface area (Å²) < 4.78 is 0. The van der Waals surface area contributed by atoms with Crippen molar-refractivity contribution < 1.29 is 5.21 Å². The molecule has 3 heteroatoms. The summed E-state index contributed by atoms with van der Waals surface area (Å²) >= 11 is 0. The van der Waals surface area contributed by atoms with Crippen molar-refractivity contribution in [1.82, 2.24) is 9.96 Å². The van der Waals surface area contributed by atoms with Crippen LogP contribution < -0.4 is 0 Å². The van der Waals surface area contributed by atoms with Crippen molar-refractivity contribution in [2.45, 2.75) is 25.3 Å². The van der Waals surface area contributed by atoms with E-state index >= 15 is 0 Å². The maximum Gasteiger partial charge on any atom is 0.0391 e. The van der Waals surface area contributed by atoms with Crippen LogP contribution in [-0.2, 0) is 0 Å². The molecule has 1 N–H and O–H groups in total. The smallest absolute Gasteiger partial charge is 0.0391 e. The monoisotopic (exact) mass is 158 g/mol. The van der Waals surface area contributed by atoms with Gasteiger partial charge in [-0.2, -0.15) is 5.06 Å². The van der Waals surface area contributed by atoms with Crippen LogP contribution >= 0.6 is 0 Å². The fraction of sp³-hybridized carbons (Fsp3) is 1.00. The third kappa shape index (κ3) is 2.77. The molecule has 0 bridgehead atoms. The van der Waals surface area contributed by atoms with Crippen molar-refractivity contribution in [1.29, 1.82) is 0 Å². The fourth-order valence-electron chi connectivity index (χ4n) is 1.68. The van der Waals surface area contributed by atoms with Crippen molar-refractivity contribution in [3.63, 3.8) is 0 Å². The van der Waals surface area contributed by atoms with Crippen LogP contribution in [0.2, 0.25) is 0 Å². The van der Waals surface area contributed by atoms with E-state index in [9.17, 15) is 0 Å². The minimum atomic E-state index is 0.554. The molecule has 66 valence electrons. The highest BCUT2D eigenvalue weighted by Gasteiger charge is 2.19. The number of hydrogen-bond donors (Lipinski definition) is 1. The van der Waals surface area contributed by atoms with Crippen molar-refractivity contribution in [2.24, 2.45) is 0 Å². The number of piperidine rings is 1. The Morgan fingerprint density at radius 1 is 1.55 bits per heavy atom. The average molecular weight is 158 g/mol. The number of hydrogen-bond acceptors (Lipinski definition) is 3. The maximum absolute atomic E-state index is 9.03. The number of hydroxylamine groups is 2. The molecule has 1 fully saturated rings. The van der Waals surface area contributed by atoms with E-state index in [4.69, 9.17) is 5.21 Å². The van der Waals surface area contributed by atoms with E-state index in [1.54, 1.807) is 7.05 Å². The third-order valence-electron chi connectivity index (χ3n) is 2.40. The van der Waals surface area contributed by atoms with Crippen molar-refractivity contribution in [3.8, 4) is 0 Å². The van der Waals surface area contributed by atoms with Gasteiger partial charge < -0.3 is 10.1 Å². The van der Waals surface area contributed by atoms with Crippen LogP contribution in [0.25, 0.3) is 0 Å². The zero-order valence-corrected chi connectivity index (χ0v) is 7.45. The predicted molar refractivity (Wildman–Crippen MR) is 44.7 cm³/mol. The Labute approximate surface area is 68.6 Å². The van der Waals surface area contributed by atoms with Crippen molar-refractivity contribution in [3.05, 3.63) is 0 Å². The lowest BCUT2D eigenvalue weighted by Gasteiger charge is -2.33. The molecule has 1 atom stereocenters. The highest BCUT2D eigenvalue weighted by molar-refractivity contribution is 4.74. The Kier molecular flexibility index (Phi) is 3.30. The second kappa shape index (κ2) is 4.04. The van der Waals surface area contributed by atoms with Crippen LogP contribution in [0.15, 0.2) is 0 Å². The van der Waals surface area contributed by atoms with Crippen molar-refractivity contribution in [2.75, 3.05) is 27.2 Å². The Bertz CT molecular complexity index is 117. The fourth-order valence-corrected chi connectivity index (χ4v) is 1.68. The van der Waals surface area contributed by atoms with E-state index in [1.807, 2.05) is 0 Å². The summed E-state index contributed by atoms with van der Waals surface area (Å²) in [4.78, 5) is 2.33. The van der Waals surface area contributed by atoms with Crippen LogP contribution in [0.5, 0.6) is 0 Å². The van der Waals surface area contributed by atoms with Gasteiger partial charge in [0, 0.05) is 19.6 Å². The third-order valence-corrected chi connectivity index (χ3v) is 2.40. The van der Waals surface area contributed by atoms with E-state index < -0.39 is 0 Å². The molecule has 1 rings (SSSR count). The Morgan fingerprint density at radius 2 is 2.27 bits per heavy atom. The van der Waals surface area contributed by atoms with Gasteiger partial charge in [0.2, 0.25) is 0 Å². The molecule has 3 nitrogen and oxygen atoms in total. The molecule has 11 heavy (non-hydrogen) atoms. The summed E-state index contributed by atoms with van der Waals surface area (Å²) in [5.41, 5.74) is 0. The SMILES string of the molecule is CN(O)CC1CCCCN1C. The van der Waals surface area contributed by atoms with Crippen molar-refractivity contribution >= 4 is 0 Å². The molecular formula is C8H18N2O. The molecular weight excluding hydrogens is 140 g/mol. The number of nitrogens with zero attached hydrogens (tertiary/aromatic N) is 2. The van der Waals surface area contributed by atoms with Crippen LogP contribution in [0.4, 0.5) is 0 Å². The largest absolute Gasteiger partial charge is 0.314 e. The Balaban J connectivity index is 2.29. The van der Waals surface area contributed by atoms with E-state index in [2.05, 4.69) is 11.9 Å². The average Bonchev–Trinajstić information content (AvgIpc) is 1.93. The zero-order valence-electron chi connectivity index (χ0n) is 7.45. The van der Waals surface area contributed by atoms with Gasteiger partial charge in [0.25, 0.3) is 0 Å². The normalized spacial score (nSPS) is 27.8.